The van der Waals surface area contributed by atoms with Gasteiger partial charge in [-0.15, -0.1) is 0 Å². The van der Waals surface area contributed by atoms with E-state index in [0.29, 0.717) is 25.9 Å². The average molecular weight is 360 g/mol. The minimum atomic E-state index is -0.397. The van der Waals surface area contributed by atoms with Crippen LogP contribution in [-0.4, -0.2) is 48.8 Å². The van der Waals surface area contributed by atoms with E-state index in [1.807, 2.05) is 18.2 Å². The summed E-state index contributed by atoms with van der Waals surface area (Å²) in [6.07, 6.45) is 7.13. The molecule has 0 aromatic heterocycles. The normalized spacial score (nSPS) is 16.2. The summed E-state index contributed by atoms with van der Waals surface area (Å²) in [4.78, 5) is 27.1. The molecule has 1 aliphatic heterocycles. The van der Waals surface area contributed by atoms with Gasteiger partial charge in [0, 0.05) is 6.42 Å². The maximum Gasteiger partial charge on any atom is 0.234 e. The number of nitrogens with zero attached hydrogens (tertiary/aromatic N) is 1. The molecule has 1 heterocycles. The lowest BCUT2D eigenvalue weighted by atomic mass is 10.00. The van der Waals surface area contributed by atoms with Crippen molar-refractivity contribution >= 4 is 11.7 Å². The van der Waals surface area contributed by atoms with Gasteiger partial charge in [0.15, 0.2) is 5.78 Å². The van der Waals surface area contributed by atoms with Crippen molar-refractivity contribution in [3.8, 4) is 0 Å². The van der Waals surface area contributed by atoms with Gasteiger partial charge in [0.1, 0.15) is 0 Å². The fourth-order valence-electron chi connectivity index (χ4n) is 3.48. The number of nitrogens with two attached hydrogens (primary N) is 1. The molecule has 3 N–H and O–H groups in total. The van der Waals surface area contributed by atoms with Crippen molar-refractivity contribution in [3.63, 3.8) is 0 Å². The van der Waals surface area contributed by atoms with E-state index in [9.17, 15) is 9.59 Å². The molecule has 0 radical (unpaired) electrons. The van der Waals surface area contributed by atoms with Crippen LogP contribution in [0.5, 0.6) is 0 Å². The molecule has 5 nitrogen and oxygen atoms in total. The van der Waals surface area contributed by atoms with Crippen LogP contribution in [0.15, 0.2) is 30.3 Å². The minimum Gasteiger partial charge on any atom is -0.345 e. The van der Waals surface area contributed by atoms with Crippen LogP contribution in [0.2, 0.25) is 0 Å². The van der Waals surface area contributed by atoms with Crippen molar-refractivity contribution in [3.05, 3.63) is 35.9 Å². The Bertz CT molecular complexity index is 541. The van der Waals surface area contributed by atoms with Crippen LogP contribution in [0.3, 0.4) is 0 Å². The number of ketones is 1. The summed E-state index contributed by atoms with van der Waals surface area (Å²) in [5.41, 5.74) is 6.84. The molecule has 1 aliphatic rings. The minimum absolute atomic E-state index is 0.0367. The van der Waals surface area contributed by atoms with E-state index in [1.54, 1.807) is 0 Å². The molecule has 1 saturated heterocycles. The van der Waals surface area contributed by atoms with Crippen LogP contribution in [0, 0.1) is 0 Å². The largest absolute Gasteiger partial charge is 0.345 e. The molecular formula is C21H33N3O2. The fraction of sp³-hybridized carbons (Fsp3) is 0.619. The maximum absolute atomic E-state index is 12.6. The van der Waals surface area contributed by atoms with Gasteiger partial charge >= 0.3 is 0 Å². The molecule has 0 spiro atoms. The molecule has 0 aliphatic carbocycles. The Labute approximate surface area is 157 Å². The molecule has 26 heavy (non-hydrogen) atoms. The third-order valence-electron chi connectivity index (χ3n) is 4.97. The summed E-state index contributed by atoms with van der Waals surface area (Å²) in [6.45, 7) is 2.89. The Morgan fingerprint density at radius 3 is 2.50 bits per heavy atom. The molecule has 144 valence electrons. The highest BCUT2D eigenvalue weighted by atomic mass is 16.2. The van der Waals surface area contributed by atoms with Crippen LogP contribution in [0.4, 0.5) is 0 Å². The van der Waals surface area contributed by atoms with Crippen molar-refractivity contribution in [1.82, 2.24) is 10.2 Å². The summed E-state index contributed by atoms with van der Waals surface area (Å²) in [7, 11) is 0. The van der Waals surface area contributed by atoms with Crippen molar-refractivity contribution in [2.45, 2.75) is 57.4 Å². The summed E-state index contributed by atoms with van der Waals surface area (Å²) in [5, 5.41) is 2.96. The van der Waals surface area contributed by atoms with E-state index in [0.717, 1.165) is 45.2 Å². The summed E-state index contributed by atoms with van der Waals surface area (Å²) < 4.78 is 0. The second-order valence-corrected chi connectivity index (χ2v) is 7.19. The molecule has 1 atom stereocenters. The first-order valence-corrected chi connectivity index (χ1v) is 9.97. The monoisotopic (exact) mass is 359 g/mol. The predicted molar refractivity (Wildman–Crippen MR) is 105 cm³/mol. The molecule has 5 heteroatoms. The molecule has 1 aromatic carbocycles. The molecule has 2 rings (SSSR count). The number of carbonyl (C=O) groups is 2. The van der Waals surface area contributed by atoms with Gasteiger partial charge in [-0.3, -0.25) is 14.5 Å². The third kappa shape index (κ3) is 7.67. The average Bonchev–Trinajstić information content (AvgIpc) is 2.66. The smallest absolute Gasteiger partial charge is 0.234 e. The van der Waals surface area contributed by atoms with Crippen LogP contribution in [0.1, 0.15) is 50.5 Å². The predicted octanol–water partition coefficient (Wildman–Crippen LogP) is 2.29. The number of likely N-dealkylation sites (tertiary alicyclic amines) is 1. The first-order valence-electron chi connectivity index (χ1n) is 9.97. The Morgan fingerprint density at radius 1 is 1.08 bits per heavy atom. The zero-order chi connectivity index (χ0) is 18.6. The number of amides is 1. The Kier molecular flexibility index (Phi) is 9.35. The molecule has 0 unspecified atom stereocenters. The van der Waals surface area contributed by atoms with Crippen molar-refractivity contribution in [2.24, 2.45) is 5.73 Å². The van der Waals surface area contributed by atoms with E-state index in [2.05, 4.69) is 22.3 Å². The summed E-state index contributed by atoms with van der Waals surface area (Å²) in [6, 6.07) is 9.79. The van der Waals surface area contributed by atoms with Gasteiger partial charge in [0.25, 0.3) is 0 Å². The SMILES string of the molecule is NCCC[C@@H](NC(=O)CN1CCCCC1)C(=O)CCCc1ccccc1. The van der Waals surface area contributed by atoms with Crippen molar-refractivity contribution in [2.75, 3.05) is 26.2 Å². The summed E-state index contributed by atoms with van der Waals surface area (Å²) >= 11 is 0. The number of Topliss-reactive ketones (excluding diaryl/α,β-unsaturated/α-hetero) is 1. The first-order chi connectivity index (χ1) is 12.7. The zero-order valence-electron chi connectivity index (χ0n) is 15.8. The van der Waals surface area contributed by atoms with Gasteiger partial charge in [-0.25, -0.2) is 0 Å². The first kappa shape index (κ1) is 20.6. The second-order valence-electron chi connectivity index (χ2n) is 7.19. The lowest BCUT2D eigenvalue weighted by Gasteiger charge is -2.26. The molecular weight excluding hydrogens is 326 g/mol. The van der Waals surface area contributed by atoms with Crippen LogP contribution in [0.25, 0.3) is 0 Å². The molecule has 1 amide bonds. The van der Waals surface area contributed by atoms with Crippen molar-refractivity contribution < 1.29 is 9.59 Å². The number of nitrogens with one attached hydrogen (secondary N) is 1. The Hall–Kier alpha value is -1.72. The fourth-order valence-corrected chi connectivity index (χ4v) is 3.48. The molecule has 1 fully saturated rings. The standard InChI is InChI=1S/C21H33N3O2/c22-14-8-12-19(23-21(26)17-24-15-5-2-6-16-24)20(25)13-7-11-18-9-3-1-4-10-18/h1,3-4,9-10,19H,2,5-8,11-17,22H2,(H,23,26)/t19-/m1/s1. The van der Waals surface area contributed by atoms with Crippen LogP contribution in [-0.2, 0) is 16.0 Å². The lowest BCUT2D eigenvalue weighted by molar-refractivity contribution is -0.128. The van der Waals surface area contributed by atoms with Gasteiger partial charge in [-0.2, -0.15) is 0 Å². The number of carbonyl (C=O) groups excluding carboxylic acids is 2. The highest BCUT2D eigenvalue weighted by Gasteiger charge is 2.21. The van der Waals surface area contributed by atoms with Gasteiger partial charge < -0.3 is 11.1 Å². The van der Waals surface area contributed by atoms with Gasteiger partial charge in [-0.1, -0.05) is 36.8 Å². The van der Waals surface area contributed by atoms with E-state index in [-0.39, 0.29) is 11.7 Å². The highest BCUT2D eigenvalue weighted by molar-refractivity contribution is 5.89. The maximum atomic E-state index is 12.6. The van der Waals surface area contributed by atoms with E-state index in [4.69, 9.17) is 5.73 Å². The van der Waals surface area contributed by atoms with Gasteiger partial charge in [0.05, 0.1) is 12.6 Å². The van der Waals surface area contributed by atoms with E-state index < -0.39 is 6.04 Å². The number of aryl methyl sites for hydroxylation is 1. The van der Waals surface area contributed by atoms with E-state index in [1.165, 1.54) is 12.0 Å². The Balaban J connectivity index is 1.78. The molecule has 0 bridgehead atoms. The Morgan fingerprint density at radius 2 is 1.81 bits per heavy atom. The van der Waals surface area contributed by atoms with Crippen LogP contribution >= 0.6 is 0 Å². The molecule has 1 aromatic rings. The molecule has 0 saturated carbocycles. The number of hydrogen-bond acceptors (Lipinski definition) is 4. The van der Waals surface area contributed by atoms with Gasteiger partial charge in [-0.05, 0) is 63.7 Å². The number of hydrogen-bond donors (Lipinski definition) is 2. The van der Waals surface area contributed by atoms with Gasteiger partial charge in [0.2, 0.25) is 5.91 Å². The lowest BCUT2D eigenvalue weighted by Crippen LogP contribution is -2.46. The number of piperidine rings is 1. The topological polar surface area (TPSA) is 75.4 Å². The van der Waals surface area contributed by atoms with Crippen molar-refractivity contribution in [1.29, 1.82) is 0 Å². The summed E-state index contributed by atoms with van der Waals surface area (Å²) in [5.74, 6) is 0.0895. The quantitative estimate of drug-likeness (QED) is 0.636. The van der Waals surface area contributed by atoms with Crippen LogP contribution < -0.4 is 11.1 Å². The number of benzene rings is 1. The highest BCUT2D eigenvalue weighted by Crippen LogP contribution is 2.10. The third-order valence-corrected chi connectivity index (χ3v) is 4.97. The van der Waals surface area contributed by atoms with E-state index >= 15 is 0 Å². The number of rotatable bonds is 11. The second kappa shape index (κ2) is 11.8. The zero-order valence-corrected chi connectivity index (χ0v) is 15.8.